The smallest absolute Gasteiger partial charge is 0.224 e. The number of hydrogen-bond acceptors (Lipinski definition) is 6. The first-order chi connectivity index (χ1) is 16.9. The summed E-state index contributed by atoms with van der Waals surface area (Å²) in [6, 6.07) is 4.00. The number of anilines is 2. The summed E-state index contributed by atoms with van der Waals surface area (Å²) < 4.78 is 0. The number of piperidine rings is 1. The molecule has 4 aliphatic rings. The first kappa shape index (κ1) is 24.3. The van der Waals surface area contributed by atoms with Gasteiger partial charge in [0.05, 0.1) is 0 Å². The molecule has 2 unspecified atom stereocenters. The lowest BCUT2D eigenvalue weighted by Gasteiger charge is -2.37. The minimum atomic E-state index is 0.475. The Balaban J connectivity index is 1.23. The molecule has 1 aliphatic carbocycles. The van der Waals surface area contributed by atoms with Crippen molar-refractivity contribution in [1.29, 1.82) is 0 Å². The number of rotatable bonds is 8. The SMILES string of the molecule is c1cc(N2CCCCCC2)nc(NC2CCN(C3CCCCC3)C2CCCN2CCCCC2)n1. The van der Waals surface area contributed by atoms with E-state index in [4.69, 9.17) is 4.98 Å². The van der Waals surface area contributed by atoms with Gasteiger partial charge in [-0.3, -0.25) is 4.90 Å². The van der Waals surface area contributed by atoms with Crippen LogP contribution in [0.3, 0.4) is 0 Å². The summed E-state index contributed by atoms with van der Waals surface area (Å²) in [6.45, 7) is 7.42. The second kappa shape index (κ2) is 12.5. The Bertz CT molecular complexity index is 721. The van der Waals surface area contributed by atoms with Crippen LogP contribution in [0.5, 0.6) is 0 Å². The summed E-state index contributed by atoms with van der Waals surface area (Å²) in [6.07, 6.45) is 22.4. The number of likely N-dealkylation sites (tertiary alicyclic amines) is 2. The van der Waals surface area contributed by atoms with Crippen LogP contribution in [0.2, 0.25) is 0 Å². The molecule has 6 nitrogen and oxygen atoms in total. The highest BCUT2D eigenvalue weighted by Gasteiger charge is 2.38. The number of hydrogen-bond donors (Lipinski definition) is 1. The lowest BCUT2D eigenvalue weighted by molar-refractivity contribution is 0.127. The van der Waals surface area contributed by atoms with Crippen molar-refractivity contribution in [3.63, 3.8) is 0 Å². The average Bonchev–Trinajstić information content (AvgIpc) is 3.09. The predicted octanol–water partition coefficient (Wildman–Crippen LogP) is 5.31. The molecule has 1 saturated carbocycles. The quantitative estimate of drug-likeness (QED) is 0.558. The first-order valence-electron chi connectivity index (χ1n) is 14.7. The lowest BCUT2D eigenvalue weighted by atomic mass is 9.92. The van der Waals surface area contributed by atoms with Crippen LogP contribution in [0.15, 0.2) is 12.3 Å². The Labute approximate surface area is 207 Å². The van der Waals surface area contributed by atoms with Crippen LogP contribution < -0.4 is 10.2 Å². The Kier molecular flexibility index (Phi) is 8.95. The van der Waals surface area contributed by atoms with E-state index in [1.165, 1.54) is 122 Å². The Morgan fingerprint density at radius 2 is 1.50 bits per heavy atom. The molecule has 4 fully saturated rings. The molecule has 3 aliphatic heterocycles. The monoisotopic (exact) mass is 468 g/mol. The molecule has 34 heavy (non-hydrogen) atoms. The maximum atomic E-state index is 5.00. The van der Waals surface area contributed by atoms with Crippen LogP contribution in [0, 0.1) is 0 Å². The lowest BCUT2D eigenvalue weighted by Crippen LogP contribution is -2.45. The van der Waals surface area contributed by atoms with Gasteiger partial charge in [-0.2, -0.15) is 4.98 Å². The highest BCUT2D eigenvalue weighted by molar-refractivity contribution is 5.43. The highest BCUT2D eigenvalue weighted by atomic mass is 15.3. The van der Waals surface area contributed by atoms with E-state index < -0.39 is 0 Å². The number of nitrogens with one attached hydrogen (secondary N) is 1. The third-order valence-corrected chi connectivity index (χ3v) is 8.94. The van der Waals surface area contributed by atoms with Crippen molar-refractivity contribution in [3.05, 3.63) is 12.3 Å². The molecule has 190 valence electrons. The molecule has 1 aromatic heterocycles. The minimum Gasteiger partial charge on any atom is -0.356 e. The van der Waals surface area contributed by atoms with Gasteiger partial charge in [-0.15, -0.1) is 0 Å². The molecule has 3 saturated heterocycles. The largest absolute Gasteiger partial charge is 0.356 e. The maximum absolute atomic E-state index is 5.00. The fourth-order valence-electron chi connectivity index (χ4n) is 7.05. The molecule has 2 atom stereocenters. The van der Waals surface area contributed by atoms with Gasteiger partial charge >= 0.3 is 0 Å². The van der Waals surface area contributed by atoms with Crippen molar-refractivity contribution in [2.45, 2.75) is 114 Å². The van der Waals surface area contributed by atoms with Crippen molar-refractivity contribution in [2.24, 2.45) is 0 Å². The zero-order valence-corrected chi connectivity index (χ0v) is 21.5. The molecule has 0 radical (unpaired) electrons. The van der Waals surface area contributed by atoms with Crippen LogP contribution in [-0.4, -0.2) is 77.2 Å². The van der Waals surface area contributed by atoms with Gasteiger partial charge < -0.3 is 15.1 Å². The van der Waals surface area contributed by atoms with E-state index in [9.17, 15) is 0 Å². The zero-order chi connectivity index (χ0) is 23.0. The summed E-state index contributed by atoms with van der Waals surface area (Å²) in [5.74, 6) is 1.96. The fourth-order valence-corrected chi connectivity index (χ4v) is 7.05. The van der Waals surface area contributed by atoms with Crippen LogP contribution in [-0.2, 0) is 0 Å². The predicted molar refractivity (Wildman–Crippen MR) is 142 cm³/mol. The van der Waals surface area contributed by atoms with E-state index in [2.05, 4.69) is 31.1 Å². The average molecular weight is 469 g/mol. The number of aromatic nitrogens is 2. The van der Waals surface area contributed by atoms with Gasteiger partial charge in [-0.05, 0) is 83.5 Å². The van der Waals surface area contributed by atoms with Gasteiger partial charge in [-0.25, -0.2) is 4.98 Å². The summed E-state index contributed by atoms with van der Waals surface area (Å²) in [4.78, 5) is 17.7. The van der Waals surface area contributed by atoms with Crippen molar-refractivity contribution in [3.8, 4) is 0 Å². The van der Waals surface area contributed by atoms with E-state index in [1.807, 2.05) is 6.20 Å². The molecule has 0 bridgehead atoms. The number of nitrogens with zero attached hydrogens (tertiary/aromatic N) is 5. The second-order valence-electron chi connectivity index (χ2n) is 11.3. The van der Waals surface area contributed by atoms with Crippen molar-refractivity contribution < 1.29 is 0 Å². The molecular formula is C28H48N6. The highest BCUT2D eigenvalue weighted by Crippen LogP contribution is 2.33. The Morgan fingerprint density at radius 3 is 2.29 bits per heavy atom. The third kappa shape index (κ3) is 6.42. The molecule has 0 spiro atoms. The van der Waals surface area contributed by atoms with E-state index >= 15 is 0 Å². The van der Waals surface area contributed by atoms with Crippen molar-refractivity contribution in [1.82, 2.24) is 19.8 Å². The van der Waals surface area contributed by atoms with Gasteiger partial charge in [0, 0.05) is 44.0 Å². The molecule has 0 aromatic carbocycles. The Morgan fingerprint density at radius 1 is 0.794 bits per heavy atom. The van der Waals surface area contributed by atoms with Crippen LogP contribution in [0.4, 0.5) is 11.8 Å². The molecule has 1 aromatic rings. The van der Waals surface area contributed by atoms with E-state index in [-0.39, 0.29) is 0 Å². The van der Waals surface area contributed by atoms with Gasteiger partial charge in [-0.1, -0.05) is 38.5 Å². The summed E-state index contributed by atoms with van der Waals surface area (Å²) in [7, 11) is 0. The topological polar surface area (TPSA) is 47.5 Å². The van der Waals surface area contributed by atoms with E-state index in [0.29, 0.717) is 12.1 Å². The molecule has 6 heteroatoms. The summed E-state index contributed by atoms with van der Waals surface area (Å²) in [5, 5.41) is 3.84. The molecule has 0 amide bonds. The van der Waals surface area contributed by atoms with Crippen molar-refractivity contribution in [2.75, 3.05) is 49.5 Å². The van der Waals surface area contributed by atoms with E-state index in [1.54, 1.807) is 0 Å². The fraction of sp³-hybridized carbons (Fsp3) is 0.857. The standard InChI is InChI=1S/C28H48N6/c1-2-10-22-33(21-9-1)27-15-17-29-28(31-27)30-25-16-23-34(24-12-5-3-6-13-24)26(25)14-11-20-32-18-7-4-8-19-32/h15,17,24-26H,1-14,16,18-23H2,(H,29,30,31). The normalized spacial score (nSPS) is 28.2. The molecule has 5 rings (SSSR count). The van der Waals surface area contributed by atoms with Gasteiger partial charge in [0.2, 0.25) is 5.95 Å². The summed E-state index contributed by atoms with van der Waals surface area (Å²) in [5.41, 5.74) is 0. The molecular weight excluding hydrogens is 420 g/mol. The zero-order valence-electron chi connectivity index (χ0n) is 21.5. The first-order valence-corrected chi connectivity index (χ1v) is 14.7. The maximum Gasteiger partial charge on any atom is 0.224 e. The minimum absolute atomic E-state index is 0.475. The molecule has 1 N–H and O–H groups in total. The second-order valence-corrected chi connectivity index (χ2v) is 11.3. The van der Waals surface area contributed by atoms with Gasteiger partial charge in [0.1, 0.15) is 5.82 Å². The molecule has 4 heterocycles. The van der Waals surface area contributed by atoms with Crippen LogP contribution >= 0.6 is 0 Å². The summed E-state index contributed by atoms with van der Waals surface area (Å²) >= 11 is 0. The van der Waals surface area contributed by atoms with Crippen LogP contribution in [0.25, 0.3) is 0 Å². The Hall–Kier alpha value is -1.40. The van der Waals surface area contributed by atoms with Gasteiger partial charge in [0.25, 0.3) is 0 Å². The van der Waals surface area contributed by atoms with Crippen molar-refractivity contribution >= 4 is 11.8 Å². The van der Waals surface area contributed by atoms with Crippen LogP contribution in [0.1, 0.15) is 96.3 Å². The van der Waals surface area contributed by atoms with Gasteiger partial charge in [0.15, 0.2) is 0 Å². The van der Waals surface area contributed by atoms with E-state index in [0.717, 1.165) is 30.9 Å². The third-order valence-electron chi connectivity index (χ3n) is 8.94.